The molecule has 22 heavy (non-hydrogen) atoms. The largest absolute Gasteiger partial charge is 0.507 e. The minimum atomic E-state index is -0.893. The van der Waals surface area contributed by atoms with Gasteiger partial charge in [0.05, 0.1) is 12.3 Å². The molecule has 2 amide bonds. The molecule has 2 rings (SSSR count). The van der Waals surface area contributed by atoms with Gasteiger partial charge in [0, 0.05) is 23.7 Å². The Bertz CT molecular complexity index is 585. The van der Waals surface area contributed by atoms with Gasteiger partial charge in [-0.2, -0.15) is 5.10 Å². The molecule has 1 aliphatic rings. The highest BCUT2D eigenvalue weighted by molar-refractivity contribution is 6.35. The maximum Gasteiger partial charge on any atom is 0.329 e. The molecule has 1 fully saturated rings. The molecule has 1 saturated heterocycles. The van der Waals surface area contributed by atoms with E-state index in [1.165, 1.54) is 24.4 Å². The quantitative estimate of drug-likeness (QED) is 0.433. The summed E-state index contributed by atoms with van der Waals surface area (Å²) in [5.41, 5.74) is 2.40. The summed E-state index contributed by atoms with van der Waals surface area (Å²) < 4.78 is 5.33. The molecule has 0 aliphatic carbocycles. The van der Waals surface area contributed by atoms with E-state index in [-0.39, 0.29) is 11.9 Å². The first-order chi connectivity index (χ1) is 10.6. The molecule has 1 aromatic rings. The molecule has 0 saturated carbocycles. The molecule has 0 spiro atoms. The van der Waals surface area contributed by atoms with Crippen LogP contribution in [0.1, 0.15) is 18.4 Å². The lowest BCUT2D eigenvalue weighted by Crippen LogP contribution is -2.41. The first-order valence-corrected chi connectivity index (χ1v) is 7.15. The van der Waals surface area contributed by atoms with Crippen LogP contribution in [0.25, 0.3) is 0 Å². The summed E-state index contributed by atoms with van der Waals surface area (Å²) in [5, 5.41) is 16.1. The van der Waals surface area contributed by atoms with Gasteiger partial charge in [0.1, 0.15) is 5.75 Å². The molecule has 1 atom stereocenters. The molecular weight excluding hydrogens is 310 g/mol. The van der Waals surface area contributed by atoms with Crippen LogP contribution in [0.2, 0.25) is 5.02 Å². The van der Waals surface area contributed by atoms with Gasteiger partial charge in [-0.1, -0.05) is 11.6 Å². The Balaban J connectivity index is 1.79. The average Bonchev–Trinajstić information content (AvgIpc) is 3.01. The Morgan fingerprint density at radius 3 is 3.00 bits per heavy atom. The third kappa shape index (κ3) is 4.71. The number of nitrogens with one attached hydrogen (secondary N) is 2. The van der Waals surface area contributed by atoms with Gasteiger partial charge in [-0.15, -0.1) is 0 Å². The van der Waals surface area contributed by atoms with E-state index in [1.54, 1.807) is 0 Å². The predicted molar refractivity (Wildman–Crippen MR) is 80.8 cm³/mol. The Morgan fingerprint density at radius 1 is 1.45 bits per heavy atom. The van der Waals surface area contributed by atoms with Crippen molar-refractivity contribution in [1.29, 1.82) is 0 Å². The zero-order chi connectivity index (χ0) is 15.9. The fourth-order valence-electron chi connectivity index (χ4n) is 1.93. The zero-order valence-corrected chi connectivity index (χ0v) is 12.5. The number of phenols is 1. The van der Waals surface area contributed by atoms with Crippen LogP contribution in [0.4, 0.5) is 0 Å². The predicted octanol–water partition coefficient (Wildman–Crippen LogP) is 0.791. The van der Waals surface area contributed by atoms with Crippen LogP contribution < -0.4 is 10.7 Å². The lowest BCUT2D eigenvalue weighted by molar-refractivity contribution is -0.139. The standard InChI is InChI=1S/C14H16ClN3O4/c15-10-3-4-12(19)9(6-10)7-17-18-14(21)13(20)16-8-11-2-1-5-22-11/h3-4,6-7,11,19H,1-2,5,8H2,(H,16,20)(H,18,21)/b17-7-/t11-/m0/s1. The molecule has 8 heteroatoms. The first-order valence-electron chi connectivity index (χ1n) is 6.77. The third-order valence-electron chi connectivity index (χ3n) is 3.08. The van der Waals surface area contributed by atoms with Gasteiger partial charge >= 0.3 is 11.8 Å². The van der Waals surface area contributed by atoms with E-state index in [4.69, 9.17) is 16.3 Å². The van der Waals surface area contributed by atoms with Crippen molar-refractivity contribution in [3.8, 4) is 5.75 Å². The average molecular weight is 326 g/mol. The van der Waals surface area contributed by atoms with Gasteiger partial charge in [-0.3, -0.25) is 9.59 Å². The number of ether oxygens (including phenoxy) is 1. The molecule has 1 aliphatic heterocycles. The van der Waals surface area contributed by atoms with Crippen LogP contribution >= 0.6 is 11.6 Å². The summed E-state index contributed by atoms with van der Waals surface area (Å²) in [6.07, 6.45) is 2.99. The highest BCUT2D eigenvalue weighted by Gasteiger charge is 2.18. The summed E-state index contributed by atoms with van der Waals surface area (Å²) in [6.45, 7) is 0.977. The van der Waals surface area contributed by atoms with Crippen molar-refractivity contribution in [3.05, 3.63) is 28.8 Å². The van der Waals surface area contributed by atoms with Crippen molar-refractivity contribution in [2.24, 2.45) is 5.10 Å². The summed E-state index contributed by atoms with van der Waals surface area (Å²) in [7, 11) is 0. The van der Waals surface area contributed by atoms with Gasteiger partial charge < -0.3 is 15.2 Å². The number of carbonyl (C=O) groups excluding carboxylic acids is 2. The lowest BCUT2D eigenvalue weighted by atomic mass is 10.2. The number of hydrogen-bond acceptors (Lipinski definition) is 5. The number of nitrogens with zero attached hydrogens (tertiary/aromatic N) is 1. The van der Waals surface area contributed by atoms with E-state index >= 15 is 0 Å². The molecule has 118 valence electrons. The molecule has 0 unspecified atom stereocenters. The van der Waals surface area contributed by atoms with Crippen molar-refractivity contribution in [2.45, 2.75) is 18.9 Å². The van der Waals surface area contributed by atoms with Crippen molar-refractivity contribution < 1.29 is 19.4 Å². The maximum atomic E-state index is 11.5. The van der Waals surface area contributed by atoms with Crippen molar-refractivity contribution in [2.75, 3.05) is 13.2 Å². The number of hydrazone groups is 1. The second kappa shape index (κ2) is 7.77. The number of amides is 2. The molecule has 1 aromatic carbocycles. The second-order valence-corrected chi connectivity index (χ2v) is 5.18. The van der Waals surface area contributed by atoms with E-state index < -0.39 is 11.8 Å². The minimum absolute atomic E-state index is 0.0368. The normalized spacial score (nSPS) is 17.6. The van der Waals surface area contributed by atoms with Gasteiger partial charge in [0.2, 0.25) is 0 Å². The molecule has 1 heterocycles. The smallest absolute Gasteiger partial charge is 0.329 e. The number of halogens is 1. The summed E-state index contributed by atoms with van der Waals surface area (Å²) in [4.78, 5) is 23.1. The van der Waals surface area contributed by atoms with Gasteiger partial charge in [0.15, 0.2) is 0 Å². The Morgan fingerprint density at radius 2 is 2.27 bits per heavy atom. The van der Waals surface area contributed by atoms with Crippen molar-refractivity contribution >= 4 is 29.6 Å². The summed E-state index contributed by atoms with van der Waals surface area (Å²) >= 11 is 5.78. The van der Waals surface area contributed by atoms with Crippen molar-refractivity contribution in [3.63, 3.8) is 0 Å². The summed E-state index contributed by atoms with van der Waals surface area (Å²) in [6, 6.07) is 4.40. The number of benzene rings is 1. The molecule has 0 aromatic heterocycles. The fraction of sp³-hybridized carbons (Fsp3) is 0.357. The maximum absolute atomic E-state index is 11.5. The van der Waals surface area contributed by atoms with Gasteiger partial charge in [0.25, 0.3) is 0 Å². The number of hydrogen-bond donors (Lipinski definition) is 3. The van der Waals surface area contributed by atoms with E-state index in [0.29, 0.717) is 23.7 Å². The van der Waals surface area contributed by atoms with Gasteiger partial charge in [-0.25, -0.2) is 5.43 Å². The Labute approximate surface area is 132 Å². The van der Waals surface area contributed by atoms with E-state index in [9.17, 15) is 14.7 Å². The molecule has 7 nitrogen and oxygen atoms in total. The van der Waals surface area contributed by atoms with Crippen LogP contribution in [0.3, 0.4) is 0 Å². The highest BCUT2D eigenvalue weighted by Crippen LogP contribution is 2.19. The number of aromatic hydroxyl groups is 1. The SMILES string of the molecule is O=C(NC[C@@H]1CCCO1)C(=O)N/N=C\c1cc(Cl)ccc1O. The Hall–Kier alpha value is -2.12. The minimum Gasteiger partial charge on any atom is -0.507 e. The van der Waals surface area contributed by atoms with Crippen LogP contribution in [0.5, 0.6) is 5.75 Å². The fourth-order valence-corrected chi connectivity index (χ4v) is 2.11. The van der Waals surface area contributed by atoms with E-state index in [1.807, 2.05) is 0 Å². The molecular formula is C14H16ClN3O4. The lowest BCUT2D eigenvalue weighted by Gasteiger charge is -2.09. The van der Waals surface area contributed by atoms with Crippen molar-refractivity contribution in [1.82, 2.24) is 10.7 Å². The van der Waals surface area contributed by atoms with Crippen LogP contribution in [0.15, 0.2) is 23.3 Å². The molecule has 3 N–H and O–H groups in total. The third-order valence-corrected chi connectivity index (χ3v) is 3.31. The number of rotatable bonds is 4. The van der Waals surface area contributed by atoms with E-state index in [0.717, 1.165) is 12.8 Å². The number of phenolic OH excluding ortho intramolecular Hbond substituents is 1. The summed E-state index contributed by atoms with van der Waals surface area (Å²) in [5.74, 6) is -1.72. The van der Waals surface area contributed by atoms with Gasteiger partial charge in [-0.05, 0) is 31.0 Å². The van der Waals surface area contributed by atoms with Crippen LogP contribution in [-0.2, 0) is 14.3 Å². The second-order valence-electron chi connectivity index (χ2n) is 4.75. The topological polar surface area (TPSA) is 100 Å². The van der Waals surface area contributed by atoms with Crippen LogP contribution in [-0.4, -0.2) is 42.4 Å². The molecule has 0 radical (unpaired) electrons. The zero-order valence-electron chi connectivity index (χ0n) is 11.7. The van der Waals surface area contributed by atoms with Crippen LogP contribution in [0, 0.1) is 0 Å². The Kier molecular flexibility index (Phi) is 5.74. The number of carbonyl (C=O) groups is 2. The highest BCUT2D eigenvalue weighted by atomic mass is 35.5. The molecule has 0 bridgehead atoms. The van der Waals surface area contributed by atoms with E-state index in [2.05, 4.69) is 15.8 Å². The monoisotopic (exact) mass is 325 g/mol. The first kappa shape index (κ1) is 16.3.